The van der Waals surface area contributed by atoms with E-state index >= 15 is 0 Å². The lowest BCUT2D eigenvalue weighted by Gasteiger charge is -2.27. The Kier molecular flexibility index (Phi) is 8.38. The number of phenolic OH excluding ortho intramolecular Hbond substituents is 4. The number of fused-ring (bicyclic) bond motifs is 2. The number of aromatic nitrogens is 3. The van der Waals surface area contributed by atoms with E-state index in [0.717, 1.165) is 43.7 Å². The number of aromatic hydroxyl groups is 4. The van der Waals surface area contributed by atoms with E-state index in [-0.39, 0.29) is 23.0 Å². The number of rotatable bonds is 6. The molecule has 4 heterocycles. The fourth-order valence-electron chi connectivity index (χ4n) is 6.60. The van der Waals surface area contributed by atoms with E-state index in [4.69, 9.17) is 0 Å². The largest absolute Gasteiger partial charge is 0.504 e. The van der Waals surface area contributed by atoms with Crippen LogP contribution in [-0.2, 0) is 6.54 Å². The third-order valence-electron chi connectivity index (χ3n) is 8.78. The smallest absolute Gasteiger partial charge is 0.184 e. The van der Waals surface area contributed by atoms with Gasteiger partial charge in [0.1, 0.15) is 11.0 Å². The molecule has 1 saturated heterocycles. The van der Waals surface area contributed by atoms with Crippen LogP contribution < -0.4 is 0 Å². The van der Waals surface area contributed by atoms with Gasteiger partial charge in [0.15, 0.2) is 23.0 Å². The van der Waals surface area contributed by atoms with Crippen LogP contribution in [0, 0.1) is 5.92 Å². The first-order chi connectivity index (χ1) is 20.9. The van der Waals surface area contributed by atoms with Gasteiger partial charge in [-0.05, 0) is 73.7 Å². The van der Waals surface area contributed by atoms with E-state index in [9.17, 15) is 20.4 Å². The molecule has 0 unspecified atom stereocenters. The topological polar surface area (TPSA) is 115 Å². The zero-order valence-corrected chi connectivity index (χ0v) is 24.7. The van der Waals surface area contributed by atoms with Crippen molar-refractivity contribution in [3.05, 3.63) is 61.2 Å². The molecule has 1 atom stereocenters. The van der Waals surface area contributed by atoms with Crippen molar-refractivity contribution in [2.45, 2.75) is 58.4 Å². The van der Waals surface area contributed by atoms with Crippen molar-refractivity contribution in [3.8, 4) is 45.3 Å². The van der Waals surface area contributed by atoms with Gasteiger partial charge in [-0.15, -0.1) is 0 Å². The second-order valence-corrected chi connectivity index (χ2v) is 12.0. The number of hydrogen-bond donors (Lipinski definition) is 4. The van der Waals surface area contributed by atoms with E-state index in [1.807, 2.05) is 12.1 Å². The Morgan fingerprint density at radius 1 is 0.721 bits per heavy atom. The highest BCUT2D eigenvalue weighted by molar-refractivity contribution is 6.07. The van der Waals surface area contributed by atoms with Gasteiger partial charge in [0.05, 0.1) is 0 Å². The minimum Gasteiger partial charge on any atom is -0.504 e. The molecule has 1 aliphatic heterocycles. The van der Waals surface area contributed by atoms with Crippen LogP contribution in [0.4, 0.5) is 0 Å². The number of hydrogen-bond acceptors (Lipinski definition) is 7. The van der Waals surface area contributed by atoms with Crippen LogP contribution in [0.5, 0.6) is 23.0 Å². The Hall–Kier alpha value is -4.30. The molecule has 0 radical (unpaired) electrons. The van der Waals surface area contributed by atoms with Crippen LogP contribution in [-0.4, -0.2) is 59.5 Å². The SMILES string of the molecule is C[C@@H]1CCCCCCCN(CCCn2cc(-c3cc(O)c(O)c4ncccc34)c(-c3cc(O)c(O)c4ncccc34)c2)C1. The van der Waals surface area contributed by atoms with Crippen molar-refractivity contribution in [1.29, 1.82) is 0 Å². The molecule has 1 fully saturated rings. The van der Waals surface area contributed by atoms with Gasteiger partial charge in [0, 0.05) is 59.8 Å². The molecule has 8 heteroatoms. The Morgan fingerprint density at radius 2 is 1.28 bits per heavy atom. The molecule has 4 N–H and O–H groups in total. The van der Waals surface area contributed by atoms with Gasteiger partial charge < -0.3 is 29.9 Å². The average molecular weight is 581 g/mol. The zero-order valence-electron chi connectivity index (χ0n) is 24.7. The predicted octanol–water partition coefficient (Wildman–Crippen LogP) is 7.42. The number of aryl methyl sites for hydroxylation is 1. The summed E-state index contributed by atoms with van der Waals surface area (Å²) in [6.45, 7) is 6.46. The first-order valence-corrected chi connectivity index (χ1v) is 15.4. The fourth-order valence-corrected chi connectivity index (χ4v) is 6.60. The molecule has 0 amide bonds. The van der Waals surface area contributed by atoms with E-state index in [1.165, 1.54) is 38.5 Å². The van der Waals surface area contributed by atoms with Gasteiger partial charge in [-0.25, -0.2) is 0 Å². The molecular weight excluding hydrogens is 540 g/mol. The number of phenols is 4. The van der Waals surface area contributed by atoms with Crippen molar-refractivity contribution in [2.75, 3.05) is 19.6 Å². The Balaban J connectivity index is 1.40. The molecule has 8 nitrogen and oxygen atoms in total. The first-order valence-electron chi connectivity index (χ1n) is 15.4. The highest BCUT2D eigenvalue weighted by Gasteiger charge is 2.22. The lowest BCUT2D eigenvalue weighted by atomic mass is 9.93. The number of nitrogens with zero attached hydrogens (tertiary/aromatic N) is 4. The highest BCUT2D eigenvalue weighted by atomic mass is 16.3. The van der Waals surface area contributed by atoms with Crippen LogP contribution in [0.3, 0.4) is 0 Å². The quantitative estimate of drug-likeness (QED) is 0.155. The summed E-state index contributed by atoms with van der Waals surface area (Å²) < 4.78 is 2.16. The third kappa shape index (κ3) is 5.97. The molecule has 224 valence electrons. The summed E-state index contributed by atoms with van der Waals surface area (Å²) in [6, 6.07) is 10.5. The fraction of sp³-hybridized carbons (Fsp3) is 0.371. The molecule has 0 spiro atoms. The maximum atomic E-state index is 10.7. The monoisotopic (exact) mass is 580 g/mol. The molecule has 6 rings (SSSR count). The first kappa shape index (κ1) is 28.8. The second-order valence-electron chi connectivity index (χ2n) is 12.0. The Labute approximate surface area is 251 Å². The molecule has 0 aliphatic carbocycles. The lowest BCUT2D eigenvalue weighted by molar-refractivity contribution is 0.214. The minimum atomic E-state index is -0.258. The Bertz CT molecular complexity index is 1640. The average Bonchev–Trinajstić information content (AvgIpc) is 3.43. The molecule has 5 aromatic rings. The van der Waals surface area contributed by atoms with Crippen molar-refractivity contribution < 1.29 is 20.4 Å². The third-order valence-corrected chi connectivity index (χ3v) is 8.78. The molecule has 1 aliphatic rings. The van der Waals surface area contributed by atoms with Crippen molar-refractivity contribution in [3.63, 3.8) is 0 Å². The van der Waals surface area contributed by atoms with Gasteiger partial charge in [-0.2, -0.15) is 0 Å². The van der Waals surface area contributed by atoms with Crippen LogP contribution >= 0.6 is 0 Å². The summed E-state index contributed by atoms with van der Waals surface area (Å²) in [4.78, 5) is 11.3. The zero-order chi connectivity index (χ0) is 29.9. The maximum Gasteiger partial charge on any atom is 0.184 e. The maximum absolute atomic E-state index is 10.7. The van der Waals surface area contributed by atoms with Gasteiger partial charge in [0.2, 0.25) is 0 Å². The summed E-state index contributed by atoms with van der Waals surface area (Å²) in [6.07, 6.45) is 16.2. The van der Waals surface area contributed by atoms with Gasteiger partial charge >= 0.3 is 0 Å². The predicted molar refractivity (Wildman–Crippen MR) is 170 cm³/mol. The van der Waals surface area contributed by atoms with Gasteiger partial charge in [0.25, 0.3) is 0 Å². The molecule has 0 bridgehead atoms. The Morgan fingerprint density at radius 3 is 1.88 bits per heavy atom. The summed E-state index contributed by atoms with van der Waals surface area (Å²) >= 11 is 0. The molecular formula is C35H40N4O4. The van der Waals surface area contributed by atoms with Crippen molar-refractivity contribution in [1.82, 2.24) is 19.4 Å². The van der Waals surface area contributed by atoms with E-state index in [1.54, 1.807) is 36.7 Å². The second kappa shape index (κ2) is 12.5. The summed E-state index contributed by atoms with van der Waals surface area (Å²) in [5, 5.41) is 43.9. The van der Waals surface area contributed by atoms with Crippen molar-refractivity contribution >= 4 is 21.8 Å². The molecule has 43 heavy (non-hydrogen) atoms. The lowest BCUT2D eigenvalue weighted by Crippen LogP contribution is -2.31. The van der Waals surface area contributed by atoms with Crippen LogP contribution in [0.15, 0.2) is 61.2 Å². The highest BCUT2D eigenvalue weighted by Crippen LogP contribution is 2.46. The standard InChI is InChI=1S/C35H40N4O4/c1-23-10-5-3-2-4-6-15-38(20-23)16-9-17-39-21-28(26-18-30(40)34(42)32-24(26)11-7-13-36-32)29(22-39)27-19-31(41)35(43)33-25(27)12-8-14-37-33/h7-8,11-14,18-19,21-23,40-43H,2-6,9-10,15-17,20H2,1H3/t23-/m1/s1. The summed E-state index contributed by atoms with van der Waals surface area (Å²) in [5.41, 5.74) is 3.68. The van der Waals surface area contributed by atoms with Gasteiger partial charge in [-0.1, -0.05) is 44.7 Å². The van der Waals surface area contributed by atoms with Gasteiger partial charge in [-0.3, -0.25) is 9.97 Å². The van der Waals surface area contributed by atoms with Crippen molar-refractivity contribution in [2.24, 2.45) is 5.92 Å². The summed E-state index contributed by atoms with van der Waals surface area (Å²) in [5.74, 6) is -0.315. The van der Waals surface area contributed by atoms with E-state index in [2.05, 4.69) is 38.8 Å². The van der Waals surface area contributed by atoms with Crippen LogP contribution in [0.25, 0.3) is 44.1 Å². The summed E-state index contributed by atoms with van der Waals surface area (Å²) in [7, 11) is 0. The minimum absolute atomic E-state index is 0.252. The molecule has 0 saturated carbocycles. The molecule has 2 aromatic carbocycles. The normalized spacial score (nSPS) is 17.0. The van der Waals surface area contributed by atoms with E-state index < -0.39 is 0 Å². The molecule has 3 aromatic heterocycles. The van der Waals surface area contributed by atoms with Crippen LogP contribution in [0.1, 0.15) is 51.9 Å². The number of pyridine rings is 2. The van der Waals surface area contributed by atoms with E-state index in [0.29, 0.717) is 38.9 Å². The number of benzene rings is 2. The van der Waals surface area contributed by atoms with Crippen LogP contribution in [0.2, 0.25) is 0 Å².